The lowest BCUT2D eigenvalue weighted by Crippen LogP contribution is -2.33. The normalized spacial score (nSPS) is 12.3. The van der Waals surface area contributed by atoms with Crippen LogP contribution in [-0.4, -0.2) is 28.6 Å². The Balaban J connectivity index is 2.61. The van der Waals surface area contributed by atoms with Crippen molar-refractivity contribution in [2.75, 3.05) is 6.61 Å². The van der Waals surface area contributed by atoms with Gasteiger partial charge in [0.25, 0.3) is 5.69 Å². The Morgan fingerprint density at radius 2 is 2.11 bits per heavy atom. The van der Waals surface area contributed by atoms with Gasteiger partial charge >= 0.3 is 0 Å². The van der Waals surface area contributed by atoms with E-state index in [4.69, 9.17) is 5.11 Å². The second-order valence-electron chi connectivity index (χ2n) is 3.77. The number of carbonyl (C=O) groups excluding carboxylic acids is 1. The van der Waals surface area contributed by atoms with Crippen molar-refractivity contribution in [3.05, 3.63) is 46.0 Å². The SMILES string of the molecule is C[C@H](CO)NC(=O)C=Cc1ccc([N+](=O)[O-])cc1. The number of hydrogen-bond donors (Lipinski definition) is 2. The zero-order valence-electron chi connectivity index (χ0n) is 9.87. The lowest BCUT2D eigenvalue weighted by atomic mass is 10.2. The summed E-state index contributed by atoms with van der Waals surface area (Å²) in [6.45, 7) is 1.55. The molecule has 1 amide bonds. The van der Waals surface area contributed by atoms with E-state index in [0.29, 0.717) is 5.56 Å². The Morgan fingerprint density at radius 1 is 1.50 bits per heavy atom. The lowest BCUT2D eigenvalue weighted by molar-refractivity contribution is -0.384. The number of nitro benzene ring substituents is 1. The predicted molar refractivity (Wildman–Crippen MR) is 66.8 cm³/mol. The van der Waals surface area contributed by atoms with Crippen LogP contribution in [0.15, 0.2) is 30.3 Å². The molecule has 0 heterocycles. The molecule has 1 aromatic carbocycles. The minimum absolute atomic E-state index is 0.00510. The molecule has 0 fully saturated rings. The minimum Gasteiger partial charge on any atom is -0.394 e. The first-order chi connectivity index (χ1) is 8.52. The highest BCUT2D eigenvalue weighted by molar-refractivity contribution is 5.91. The maximum atomic E-state index is 11.3. The van der Waals surface area contributed by atoms with Gasteiger partial charge in [0.05, 0.1) is 11.5 Å². The van der Waals surface area contributed by atoms with Gasteiger partial charge in [0.15, 0.2) is 0 Å². The lowest BCUT2D eigenvalue weighted by Gasteiger charge is -2.07. The van der Waals surface area contributed by atoms with Crippen LogP contribution in [0.3, 0.4) is 0 Å². The first kappa shape index (κ1) is 13.9. The van der Waals surface area contributed by atoms with Crippen molar-refractivity contribution in [2.45, 2.75) is 13.0 Å². The zero-order valence-corrected chi connectivity index (χ0v) is 9.87. The topological polar surface area (TPSA) is 92.5 Å². The number of aliphatic hydroxyl groups excluding tert-OH is 1. The first-order valence-corrected chi connectivity index (χ1v) is 5.37. The van der Waals surface area contributed by atoms with Crippen LogP contribution in [0.4, 0.5) is 5.69 Å². The number of nitrogens with one attached hydrogen (secondary N) is 1. The number of non-ortho nitro benzene ring substituents is 1. The Bertz CT molecular complexity index is 454. The third-order valence-electron chi connectivity index (χ3n) is 2.19. The van der Waals surface area contributed by atoms with E-state index in [2.05, 4.69) is 5.32 Å². The largest absolute Gasteiger partial charge is 0.394 e. The van der Waals surface area contributed by atoms with Crippen molar-refractivity contribution in [1.29, 1.82) is 0 Å². The van der Waals surface area contributed by atoms with E-state index in [0.717, 1.165) is 0 Å². The maximum absolute atomic E-state index is 11.3. The number of amides is 1. The zero-order chi connectivity index (χ0) is 13.5. The Morgan fingerprint density at radius 3 is 2.61 bits per heavy atom. The Hall–Kier alpha value is -2.21. The molecule has 0 aliphatic carbocycles. The summed E-state index contributed by atoms with van der Waals surface area (Å²) in [5.74, 6) is -0.324. The van der Waals surface area contributed by atoms with Crippen molar-refractivity contribution in [1.82, 2.24) is 5.32 Å². The van der Waals surface area contributed by atoms with E-state index in [1.165, 1.54) is 18.2 Å². The molecule has 1 atom stereocenters. The average molecular weight is 250 g/mol. The van der Waals surface area contributed by atoms with E-state index in [1.54, 1.807) is 25.1 Å². The van der Waals surface area contributed by atoms with Gasteiger partial charge in [-0.1, -0.05) is 0 Å². The van der Waals surface area contributed by atoms with Crippen molar-refractivity contribution >= 4 is 17.7 Å². The number of nitrogens with zero attached hydrogens (tertiary/aromatic N) is 1. The number of rotatable bonds is 5. The van der Waals surface area contributed by atoms with E-state index in [-0.39, 0.29) is 24.2 Å². The summed E-state index contributed by atoms with van der Waals surface area (Å²) in [5.41, 5.74) is 0.693. The van der Waals surface area contributed by atoms with Crippen LogP contribution in [0, 0.1) is 10.1 Å². The highest BCUT2D eigenvalue weighted by Gasteiger charge is 2.04. The average Bonchev–Trinajstić information content (AvgIpc) is 2.36. The summed E-state index contributed by atoms with van der Waals surface area (Å²) in [5, 5.41) is 21.7. The van der Waals surface area contributed by atoms with Gasteiger partial charge in [0.2, 0.25) is 5.91 Å². The predicted octanol–water partition coefficient (Wildman–Crippen LogP) is 1.11. The van der Waals surface area contributed by atoms with Crippen LogP contribution in [-0.2, 0) is 4.79 Å². The molecule has 2 N–H and O–H groups in total. The molecule has 0 aliphatic rings. The number of carbonyl (C=O) groups is 1. The van der Waals surface area contributed by atoms with Crippen molar-refractivity contribution in [3.8, 4) is 0 Å². The monoisotopic (exact) mass is 250 g/mol. The van der Waals surface area contributed by atoms with E-state index in [1.807, 2.05) is 0 Å². The van der Waals surface area contributed by atoms with Gasteiger partial charge in [-0.2, -0.15) is 0 Å². The van der Waals surface area contributed by atoms with E-state index in [9.17, 15) is 14.9 Å². The number of benzene rings is 1. The molecular formula is C12H14N2O4. The fourth-order valence-electron chi connectivity index (χ4n) is 1.22. The van der Waals surface area contributed by atoms with Crippen LogP contribution in [0.25, 0.3) is 6.08 Å². The molecule has 1 aromatic rings. The van der Waals surface area contributed by atoms with Gasteiger partial charge in [-0.25, -0.2) is 0 Å². The van der Waals surface area contributed by atoms with Crippen LogP contribution in [0.1, 0.15) is 12.5 Å². The van der Waals surface area contributed by atoms with Crippen molar-refractivity contribution in [3.63, 3.8) is 0 Å². The molecule has 0 saturated heterocycles. The molecular weight excluding hydrogens is 236 g/mol. The minimum atomic E-state index is -0.483. The molecule has 6 nitrogen and oxygen atoms in total. The van der Waals surface area contributed by atoms with Crippen LogP contribution in [0.5, 0.6) is 0 Å². The molecule has 96 valence electrons. The number of hydrogen-bond acceptors (Lipinski definition) is 4. The Kier molecular flexibility index (Phi) is 5.01. The summed E-state index contributed by atoms with van der Waals surface area (Å²) >= 11 is 0. The fraction of sp³-hybridized carbons (Fsp3) is 0.250. The van der Waals surface area contributed by atoms with Crippen molar-refractivity contribution in [2.24, 2.45) is 0 Å². The summed E-state index contributed by atoms with van der Waals surface area (Å²) in [4.78, 5) is 21.3. The molecule has 0 spiro atoms. The summed E-state index contributed by atoms with van der Waals surface area (Å²) < 4.78 is 0. The van der Waals surface area contributed by atoms with Crippen LogP contribution >= 0.6 is 0 Å². The van der Waals surface area contributed by atoms with Crippen LogP contribution < -0.4 is 5.32 Å². The third kappa shape index (κ3) is 4.34. The third-order valence-corrected chi connectivity index (χ3v) is 2.19. The molecule has 0 unspecified atom stereocenters. The summed E-state index contributed by atoms with van der Waals surface area (Å²) in [6, 6.07) is 5.54. The highest BCUT2D eigenvalue weighted by Crippen LogP contribution is 2.12. The van der Waals surface area contributed by atoms with Crippen LogP contribution in [0.2, 0.25) is 0 Å². The summed E-state index contributed by atoms with van der Waals surface area (Å²) in [6.07, 6.45) is 2.86. The maximum Gasteiger partial charge on any atom is 0.269 e. The smallest absolute Gasteiger partial charge is 0.269 e. The fourth-order valence-corrected chi connectivity index (χ4v) is 1.22. The van der Waals surface area contributed by atoms with Gasteiger partial charge in [-0.05, 0) is 30.7 Å². The van der Waals surface area contributed by atoms with Gasteiger partial charge in [0.1, 0.15) is 0 Å². The standard InChI is InChI=1S/C12H14N2O4/c1-9(8-15)13-12(16)7-4-10-2-5-11(6-3-10)14(17)18/h2-7,9,15H,8H2,1H3,(H,13,16)/t9-/m1/s1. The molecule has 0 radical (unpaired) electrons. The van der Waals surface area contributed by atoms with Gasteiger partial charge < -0.3 is 10.4 Å². The van der Waals surface area contributed by atoms with Crippen molar-refractivity contribution < 1.29 is 14.8 Å². The second-order valence-corrected chi connectivity index (χ2v) is 3.77. The molecule has 0 bridgehead atoms. The number of nitro groups is 1. The first-order valence-electron chi connectivity index (χ1n) is 5.37. The quantitative estimate of drug-likeness (QED) is 0.465. The molecule has 6 heteroatoms. The molecule has 0 aliphatic heterocycles. The molecule has 0 aromatic heterocycles. The highest BCUT2D eigenvalue weighted by atomic mass is 16.6. The Labute approximate surface area is 104 Å². The molecule has 18 heavy (non-hydrogen) atoms. The van der Waals surface area contributed by atoms with Gasteiger partial charge in [-0.3, -0.25) is 14.9 Å². The van der Waals surface area contributed by atoms with Gasteiger partial charge in [-0.15, -0.1) is 0 Å². The van der Waals surface area contributed by atoms with E-state index < -0.39 is 4.92 Å². The molecule has 1 rings (SSSR count). The van der Waals surface area contributed by atoms with Gasteiger partial charge in [0, 0.05) is 24.3 Å². The second kappa shape index (κ2) is 6.51. The van der Waals surface area contributed by atoms with E-state index >= 15 is 0 Å². The summed E-state index contributed by atoms with van der Waals surface area (Å²) in [7, 11) is 0. The molecule has 0 saturated carbocycles. The number of aliphatic hydroxyl groups is 1.